The molecule has 2 aromatic heterocycles. The van der Waals surface area contributed by atoms with Gasteiger partial charge < -0.3 is 4.57 Å². The van der Waals surface area contributed by atoms with E-state index in [4.69, 9.17) is 0 Å². The van der Waals surface area contributed by atoms with Gasteiger partial charge in [-0.2, -0.15) is 0 Å². The molecule has 0 radical (unpaired) electrons. The molecule has 4 aromatic rings. The molecule has 26 heavy (non-hydrogen) atoms. The molecular weight excluding hydrogens is 348 g/mol. The molecule has 7 heteroatoms. The van der Waals surface area contributed by atoms with E-state index in [-0.39, 0.29) is 10.6 Å². The predicted octanol–water partition coefficient (Wildman–Crippen LogP) is 4.54. The molecule has 4 rings (SSSR count). The number of nitro groups is 1. The van der Waals surface area contributed by atoms with Crippen LogP contribution >= 0.6 is 11.8 Å². The van der Waals surface area contributed by atoms with Crippen molar-refractivity contribution in [2.24, 2.45) is 0 Å². The van der Waals surface area contributed by atoms with Crippen molar-refractivity contribution in [2.75, 3.05) is 0 Å². The number of aromatic nitrogens is 3. The van der Waals surface area contributed by atoms with Crippen LogP contribution in [0.4, 0.5) is 5.69 Å². The summed E-state index contributed by atoms with van der Waals surface area (Å²) in [4.78, 5) is 20.8. The summed E-state index contributed by atoms with van der Waals surface area (Å²) in [6.07, 6.45) is 5.27. The van der Waals surface area contributed by atoms with Gasteiger partial charge in [-0.25, -0.2) is 9.97 Å². The summed E-state index contributed by atoms with van der Waals surface area (Å²) in [5.41, 5.74) is 2.08. The van der Waals surface area contributed by atoms with Crippen LogP contribution in [0.15, 0.2) is 83.1 Å². The highest BCUT2D eigenvalue weighted by molar-refractivity contribution is 7.99. The minimum absolute atomic E-state index is 0.116. The number of hydrogen-bond donors (Lipinski definition) is 0. The first-order valence-corrected chi connectivity index (χ1v) is 8.78. The van der Waals surface area contributed by atoms with Crippen molar-refractivity contribution in [1.29, 1.82) is 0 Å². The smallest absolute Gasteiger partial charge is 0.283 e. The van der Waals surface area contributed by atoms with E-state index in [9.17, 15) is 10.1 Å². The van der Waals surface area contributed by atoms with Crippen LogP contribution < -0.4 is 0 Å². The number of benzene rings is 2. The zero-order valence-corrected chi connectivity index (χ0v) is 14.5. The molecule has 6 nitrogen and oxygen atoms in total. The first-order valence-electron chi connectivity index (χ1n) is 7.96. The van der Waals surface area contributed by atoms with Gasteiger partial charge in [-0.1, -0.05) is 42.1 Å². The first-order chi connectivity index (χ1) is 12.7. The fourth-order valence-electron chi connectivity index (χ4n) is 2.82. The molecule has 0 amide bonds. The quantitative estimate of drug-likeness (QED) is 0.385. The maximum Gasteiger partial charge on any atom is 0.283 e. The Morgan fingerprint density at radius 3 is 2.65 bits per heavy atom. The second-order valence-electron chi connectivity index (χ2n) is 5.67. The second-order valence-corrected chi connectivity index (χ2v) is 6.75. The van der Waals surface area contributed by atoms with Crippen LogP contribution in [0.25, 0.3) is 10.9 Å². The molecule has 0 saturated heterocycles. The van der Waals surface area contributed by atoms with Crippen LogP contribution in [-0.2, 0) is 6.54 Å². The van der Waals surface area contributed by atoms with Gasteiger partial charge in [0.05, 0.1) is 22.1 Å². The lowest BCUT2D eigenvalue weighted by Gasteiger charge is -2.03. The topological polar surface area (TPSA) is 73.8 Å². The van der Waals surface area contributed by atoms with Crippen molar-refractivity contribution >= 4 is 28.4 Å². The second kappa shape index (κ2) is 6.97. The number of nitrogens with zero attached hydrogens (tertiary/aromatic N) is 4. The van der Waals surface area contributed by atoms with E-state index in [0.717, 1.165) is 21.5 Å². The number of para-hydroxylation sites is 2. The monoisotopic (exact) mass is 362 g/mol. The lowest BCUT2D eigenvalue weighted by molar-refractivity contribution is -0.387. The van der Waals surface area contributed by atoms with Gasteiger partial charge >= 0.3 is 0 Å². The fourth-order valence-corrected chi connectivity index (χ4v) is 3.92. The predicted molar refractivity (Wildman–Crippen MR) is 100 cm³/mol. The van der Waals surface area contributed by atoms with E-state index in [1.54, 1.807) is 18.3 Å². The summed E-state index contributed by atoms with van der Waals surface area (Å²) in [6, 6.07) is 16.7. The van der Waals surface area contributed by atoms with E-state index < -0.39 is 0 Å². The normalized spacial score (nSPS) is 10.9. The van der Waals surface area contributed by atoms with Gasteiger partial charge in [0.25, 0.3) is 5.69 Å². The highest BCUT2D eigenvalue weighted by Gasteiger charge is 2.16. The highest BCUT2D eigenvalue weighted by atomic mass is 32.2. The molecule has 0 aliphatic carbocycles. The maximum absolute atomic E-state index is 11.3. The largest absolute Gasteiger partial charge is 0.340 e. The third kappa shape index (κ3) is 3.16. The number of hydrogen-bond acceptors (Lipinski definition) is 5. The van der Waals surface area contributed by atoms with Gasteiger partial charge in [0, 0.05) is 34.3 Å². The molecule has 0 aliphatic rings. The Balaban J connectivity index is 1.76. The molecule has 0 spiro atoms. The van der Waals surface area contributed by atoms with Crippen LogP contribution in [-0.4, -0.2) is 19.5 Å². The van der Waals surface area contributed by atoms with Crippen molar-refractivity contribution in [3.63, 3.8) is 0 Å². The first kappa shape index (κ1) is 16.3. The molecule has 0 saturated carbocycles. The zero-order valence-electron chi connectivity index (χ0n) is 13.6. The summed E-state index contributed by atoms with van der Waals surface area (Å²) in [6.45, 7) is 0.612. The number of nitro benzene ring substituents is 1. The van der Waals surface area contributed by atoms with Gasteiger partial charge in [-0.05, 0) is 18.2 Å². The Hall–Kier alpha value is -3.19. The van der Waals surface area contributed by atoms with Crippen molar-refractivity contribution < 1.29 is 4.92 Å². The van der Waals surface area contributed by atoms with Gasteiger partial charge in [-0.3, -0.25) is 10.1 Å². The summed E-state index contributed by atoms with van der Waals surface area (Å²) >= 11 is 1.41. The number of fused-ring (bicyclic) bond motifs is 1. The standard InChI is InChI=1S/C19H14N4O2S/c24-23(25)17-7-3-4-8-18(17)26-19-12-22(11-14-9-10-20-13-21-14)16-6-2-1-5-15(16)19/h1-10,12-13H,11H2. The summed E-state index contributed by atoms with van der Waals surface area (Å²) in [5.74, 6) is 0. The molecule has 0 unspecified atom stereocenters. The Kier molecular flexibility index (Phi) is 4.37. The van der Waals surface area contributed by atoms with Crippen molar-refractivity contribution in [3.05, 3.63) is 89.1 Å². The van der Waals surface area contributed by atoms with Crippen molar-refractivity contribution in [2.45, 2.75) is 16.3 Å². The van der Waals surface area contributed by atoms with Gasteiger partial charge in [0.2, 0.25) is 0 Å². The van der Waals surface area contributed by atoms with Crippen LogP contribution in [0, 0.1) is 10.1 Å². The average molecular weight is 362 g/mol. The van der Waals surface area contributed by atoms with Crippen LogP contribution in [0.2, 0.25) is 0 Å². The van der Waals surface area contributed by atoms with Crippen LogP contribution in [0.3, 0.4) is 0 Å². The van der Waals surface area contributed by atoms with Gasteiger partial charge in [0.1, 0.15) is 6.33 Å². The molecule has 0 fully saturated rings. The van der Waals surface area contributed by atoms with Crippen molar-refractivity contribution in [3.8, 4) is 0 Å². The average Bonchev–Trinajstić information content (AvgIpc) is 3.00. The van der Waals surface area contributed by atoms with Crippen molar-refractivity contribution in [1.82, 2.24) is 14.5 Å². The third-order valence-electron chi connectivity index (χ3n) is 4.01. The van der Waals surface area contributed by atoms with Gasteiger partial charge in [0.15, 0.2) is 0 Å². The fraction of sp³-hybridized carbons (Fsp3) is 0.0526. The minimum Gasteiger partial charge on any atom is -0.340 e. The molecule has 0 N–H and O–H groups in total. The summed E-state index contributed by atoms with van der Waals surface area (Å²) in [5, 5.41) is 12.4. The Morgan fingerprint density at radius 1 is 1.04 bits per heavy atom. The minimum atomic E-state index is -0.345. The molecule has 0 atom stereocenters. The van der Waals surface area contributed by atoms with E-state index in [1.165, 1.54) is 24.2 Å². The molecule has 0 bridgehead atoms. The third-order valence-corrected chi connectivity index (χ3v) is 5.12. The number of rotatable bonds is 5. The summed E-state index contributed by atoms with van der Waals surface area (Å²) in [7, 11) is 0. The van der Waals surface area contributed by atoms with Crippen LogP contribution in [0.5, 0.6) is 0 Å². The van der Waals surface area contributed by atoms with E-state index >= 15 is 0 Å². The molecule has 128 valence electrons. The molecule has 2 aromatic carbocycles. The SMILES string of the molecule is O=[N+]([O-])c1ccccc1Sc1cn(Cc2ccncn2)c2ccccc12. The molecule has 2 heterocycles. The van der Waals surface area contributed by atoms with Crippen LogP contribution in [0.1, 0.15) is 5.69 Å². The maximum atomic E-state index is 11.3. The van der Waals surface area contributed by atoms with E-state index in [0.29, 0.717) is 11.4 Å². The highest BCUT2D eigenvalue weighted by Crippen LogP contribution is 2.39. The zero-order chi connectivity index (χ0) is 17.9. The Bertz CT molecular complexity index is 1080. The summed E-state index contributed by atoms with van der Waals surface area (Å²) < 4.78 is 2.11. The van der Waals surface area contributed by atoms with E-state index in [1.807, 2.05) is 42.6 Å². The molecular formula is C19H14N4O2S. The van der Waals surface area contributed by atoms with E-state index in [2.05, 4.69) is 14.5 Å². The Labute approximate surface area is 153 Å². The lowest BCUT2D eigenvalue weighted by atomic mass is 10.2. The van der Waals surface area contributed by atoms with Gasteiger partial charge in [-0.15, -0.1) is 0 Å². The molecule has 0 aliphatic heterocycles. The Morgan fingerprint density at radius 2 is 1.85 bits per heavy atom. The lowest BCUT2D eigenvalue weighted by Crippen LogP contribution is -2.00.